The van der Waals surface area contributed by atoms with Crippen LogP contribution in [0, 0.1) is 5.41 Å². The summed E-state index contributed by atoms with van der Waals surface area (Å²) >= 11 is 0. The van der Waals surface area contributed by atoms with E-state index < -0.39 is 5.60 Å². The van der Waals surface area contributed by atoms with Gasteiger partial charge in [0.05, 0.1) is 5.60 Å². The van der Waals surface area contributed by atoms with Crippen molar-refractivity contribution < 1.29 is 5.11 Å². The molecule has 17 heavy (non-hydrogen) atoms. The molecule has 2 atom stereocenters. The van der Waals surface area contributed by atoms with Crippen LogP contribution in [-0.4, -0.2) is 23.3 Å². The summed E-state index contributed by atoms with van der Waals surface area (Å²) in [7, 11) is 0. The molecule has 0 radical (unpaired) electrons. The Morgan fingerprint density at radius 3 is 2.47 bits per heavy atom. The first kappa shape index (κ1) is 13.4. The Bertz CT molecular complexity index is 243. The summed E-state index contributed by atoms with van der Waals surface area (Å²) in [4.78, 5) is 0. The fourth-order valence-electron chi connectivity index (χ4n) is 3.84. The fraction of sp³-hybridized carbons (Fsp3) is 1.00. The first-order valence-corrected chi connectivity index (χ1v) is 7.54. The molecule has 0 bridgehead atoms. The third-order valence-corrected chi connectivity index (χ3v) is 5.04. The molecular weight excluding hydrogens is 210 g/mol. The van der Waals surface area contributed by atoms with Crippen molar-refractivity contribution >= 4 is 0 Å². The maximum atomic E-state index is 10.2. The molecule has 2 rings (SSSR count). The molecule has 100 valence electrons. The van der Waals surface area contributed by atoms with E-state index in [4.69, 9.17) is 0 Å². The molecule has 2 unspecified atom stereocenters. The maximum absolute atomic E-state index is 10.2. The maximum Gasteiger partial charge on any atom is 0.0743 e. The molecule has 2 saturated carbocycles. The van der Waals surface area contributed by atoms with E-state index in [1.807, 2.05) is 6.92 Å². The van der Waals surface area contributed by atoms with Gasteiger partial charge >= 0.3 is 0 Å². The van der Waals surface area contributed by atoms with Crippen molar-refractivity contribution in [3.05, 3.63) is 0 Å². The van der Waals surface area contributed by atoms with Crippen molar-refractivity contribution in [3.8, 4) is 0 Å². The Morgan fingerprint density at radius 2 is 1.94 bits per heavy atom. The minimum atomic E-state index is -0.514. The van der Waals surface area contributed by atoms with Crippen LogP contribution in [0.5, 0.6) is 0 Å². The molecule has 2 nitrogen and oxygen atoms in total. The van der Waals surface area contributed by atoms with Crippen molar-refractivity contribution in [1.29, 1.82) is 0 Å². The lowest BCUT2D eigenvalue weighted by molar-refractivity contribution is -0.00512. The second kappa shape index (κ2) is 5.27. The summed E-state index contributed by atoms with van der Waals surface area (Å²) < 4.78 is 0. The lowest BCUT2D eigenvalue weighted by Crippen LogP contribution is -2.57. The van der Waals surface area contributed by atoms with E-state index in [-0.39, 0.29) is 0 Å². The van der Waals surface area contributed by atoms with Crippen LogP contribution in [-0.2, 0) is 0 Å². The highest BCUT2D eigenvalue weighted by Gasteiger charge is 2.46. The van der Waals surface area contributed by atoms with Crippen LogP contribution >= 0.6 is 0 Å². The van der Waals surface area contributed by atoms with E-state index >= 15 is 0 Å². The van der Waals surface area contributed by atoms with E-state index in [9.17, 15) is 5.11 Å². The van der Waals surface area contributed by atoms with Crippen LogP contribution in [0.15, 0.2) is 0 Å². The topological polar surface area (TPSA) is 32.3 Å². The van der Waals surface area contributed by atoms with Gasteiger partial charge < -0.3 is 10.4 Å². The van der Waals surface area contributed by atoms with Crippen LogP contribution < -0.4 is 5.32 Å². The van der Waals surface area contributed by atoms with Crippen molar-refractivity contribution in [1.82, 2.24) is 5.32 Å². The lowest BCUT2D eigenvalue weighted by Gasteiger charge is -2.53. The van der Waals surface area contributed by atoms with Gasteiger partial charge in [-0.1, -0.05) is 32.6 Å². The largest absolute Gasteiger partial charge is 0.389 e. The highest BCUT2D eigenvalue weighted by molar-refractivity contribution is 5.02. The van der Waals surface area contributed by atoms with Crippen molar-refractivity contribution in [2.75, 3.05) is 6.54 Å². The van der Waals surface area contributed by atoms with Crippen LogP contribution in [0.1, 0.15) is 71.6 Å². The molecule has 2 aliphatic carbocycles. The normalized spacial score (nSPS) is 30.9. The van der Waals surface area contributed by atoms with Crippen molar-refractivity contribution in [2.45, 2.75) is 83.3 Å². The lowest BCUT2D eigenvalue weighted by atomic mass is 9.57. The zero-order valence-corrected chi connectivity index (χ0v) is 11.6. The summed E-state index contributed by atoms with van der Waals surface area (Å²) in [6.07, 6.45) is 11.8. The third kappa shape index (κ3) is 3.03. The predicted molar refractivity (Wildman–Crippen MR) is 72.1 cm³/mol. The van der Waals surface area contributed by atoms with Gasteiger partial charge in [0.15, 0.2) is 0 Å². The monoisotopic (exact) mass is 239 g/mol. The average Bonchev–Trinajstić information content (AvgIpc) is 2.28. The average molecular weight is 239 g/mol. The van der Waals surface area contributed by atoms with Crippen LogP contribution in [0.2, 0.25) is 0 Å². The Labute approximate surface area is 106 Å². The van der Waals surface area contributed by atoms with Crippen molar-refractivity contribution in [3.63, 3.8) is 0 Å². The SMILES string of the molecule is CCCC(C)(O)CNC1CCC12CCCCC2. The summed E-state index contributed by atoms with van der Waals surface area (Å²) in [5, 5.41) is 13.9. The number of nitrogens with one attached hydrogen (secondary N) is 1. The minimum Gasteiger partial charge on any atom is -0.389 e. The summed E-state index contributed by atoms with van der Waals surface area (Å²) in [5.41, 5.74) is 0.0980. The molecular formula is C15H29NO. The Balaban J connectivity index is 1.79. The fourth-order valence-corrected chi connectivity index (χ4v) is 3.84. The number of aliphatic hydroxyl groups is 1. The standard InChI is InChI=1S/C15H29NO/c1-3-8-14(2,17)12-16-13-7-11-15(13)9-5-4-6-10-15/h13,16-17H,3-12H2,1-2H3. The summed E-state index contributed by atoms with van der Waals surface area (Å²) in [6.45, 7) is 4.88. The Kier molecular flexibility index (Phi) is 4.14. The first-order chi connectivity index (χ1) is 8.08. The van der Waals surface area contributed by atoms with Gasteiger partial charge in [-0.2, -0.15) is 0 Å². The Morgan fingerprint density at radius 1 is 1.24 bits per heavy atom. The van der Waals surface area contributed by atoms with E-state index in [1.165, 1.54) is 44.9 Å². The van der Waals surface area contributed by atoms with Gasteiger partial charge in [0.25, 0.3) is 0 Å². The van der Waals surface area contributed by atoms with Gasteiger partial charge in [-0.25, -0.2) is 0 Å². The molecule has 0 aromatic heterocycles. The molecule has 2 fully saturated rings. The van der Waals surface area contributed by atoms with Gasteiger partial charge in [0.1, 0.15) is 0 Å². The summed E-state index contributed by atoms with van der Waals surface area (Å²) in [6, 6.07) is 0.686. The molecule has 0 aromatic rings. The molecule has 0 amide bonds. The van der Waals surface area contributed by atoms with Gasteiger partial charge in [-0.05, 0) is 44.4 Å². The third-order valence-electron chi connectivity index (χ3n) is 5.04. The number of hydrogen-bond acceptors (Lipinski definition) is 2. The van der Waals surface area contributed by atoms with Gasteiger partial charge in [0.2, 0.25) is 0 Å². The van der Waals surface area contributed by atoms with E-state index in [0.29, 0.717) is 11.5 Å². The second-order valence-electron chi connectivity index (χ2n) is 6.64. The molecule has 2 N–H and O–H groups in total. The van der Waals surface area contributed by atoms with Crippen LogP contribution in [0.3, 0.4) is 0 Å². The Hall–Kier alpha value is -0.0800. The molecule has 0 heterocycles. The zero-order chi connectivity index (χ0) is 12.4. The van der Waals surface area contributed by atoms with Gasteiger partial charge in [-0.3, -0.25) is 0 Å². The molecule has 2 heteroatoms. The van der Waals surface area contributed by atoms with E-state index in [1.54, 1.807) is 0 Å². The number of hydrogen-bond donors (Lipinski definition) is 2. The van der Waals surface area contributed by atoms with Crippen molar-refractivity contribution in [2.24, 2.45) is 5.41 Å². The molecule has 0 aliphatic heterocycles. The highest BCUT2D eigenvalue weighted by atomic mass is 16.3. The van der Waals surface area contributed by atoms with Crippen LogP contribution in [0.4, 0.5) is 0 Å². The van der Waals surface area contributed by atoms with Gasteiger partial charge in [-0.15, -0.1) is 0 Å². The minimum absolute atomic E-state index is 0.514. The molecule has 0 saturated heterocycles. The second-order valence-corrected chi connectivity index (χ2v) is 6.64. The molecule has 0 aromatic carbocycles. The quantitative estimate of drug-likeness (QED) is 0.772. The molecule has 1 spiro atoms. The number of rotatable bonds is 5. The van der Waals surface area contributed by atoms with E-state index in [0.717, 1.165) is 19.4 Å². The van der Waals surface area contributed by atoms with Crippen LogP contribution in [0.25, 0.3) is 0 Å². The highest BCUT2D eigenvalue weighted by Crippen LogP contribution is 2.51. The summed E-state index contributed by atoms with van der Waals surface area (Å²) in [5.74, 6) is 0. The zero-order valence-electron chi connectivity index (χ0n) is 11.6. The van der Waals surface area contributed by atoms with E-state index in [2.05, 4.69) is 12.2 Å². The van der Waals surface area contributed by atoms with Gasteiger partial charge in [0, 0.05) is 12.6 Å². The smallest absolute Gasteiger partial charge is 0.0743 e. The predicted octanol–water partition coefficient (Wildman–Crippen LogP) is 3.24. The molecule has 2 aliphatic rings. The first-order valence-electron chi connectivity index (χ1n) is 7.54.